The molecule has 0 atom stereocenters. The second-order valence-corrected chi connectivity index (χ2v) is 8.17. The van der Waals surface area contributed by atoms with Gasteiger partial charge in [0.2, 0.25) is 5.91 Å². The van der Waals surface area contributed by atoms with Gasteiger partial charge in [0.1, 0.15) is 0 Å². The smallest absolute Gasteiger partial charge is 0.222 e. The van der Waals surface area contributed by atoms with E-state index in [-0.39, 0.29) is 5.91 Å². The molecule has 0 spiro atoms. The maximum absolute atomic E-state index is 12.7. The van der Waals surface area contributed by atoms with Crippen molar-refractivity contribution in [1.29, 1.82) is 0 Å². The van der Waals surface area contributed by atoms with Crippen LogP contribution in [-0.2, 0) is 17.8 Å². The van der Waals surface area contributed by atoms with E-state index in [0.717, 1.165) is 51.1 Å². The number of carbonyl (C=O) groups is 1. The zero-order valence-corrected chi connectivity index (χ0v) is 17.8. The molecular formula is C23H34N4O. The van der Waals surface area contributed by atoms with E-state index in [1.807, 2.05) is 11.9 Å². The minimum Gasteiger partial charge on any atom is -0.343 e. The first-order valence-corrected chi connectivity index (χ1v) is 10.5. The molecule has 5 nitrogen and oxygen atoms in total. The molecule has 1 amide bonds. The van der Waals surface area contributed by atoms with Gasteiger partial charge in [0.15, 0.2) is 0 Å². The predicted octanol–water partition coefficient (Wildman–Crippen LogP) is 3.25. The lowest BCUT2D eigenvalue weighted by Gasteiger charge is -2.32. The fourth-order valence-electron chi connectivity index (χ4n) is 4.18. The quantitative estimate of drug-likeness (QED) is 0.800. The van der Waals surface area contributed by atoms with Crippen LogP contribution in [0.3, 0.4) is 0 Å². The molecule has 2 aromatic rings. The first kappa shape index (κ1) is 20.6. The molecule has 1 N–H and O–H groups in total. The van der Waals surface area contributed by atoms with Gasteiger partial charge < -0.3 is 10.2 Å². The zero-order chi connectivity index (χ0) is 20.1. The summed E-state index contributed by atoms with van der Waals surface area (Å²) in [7, 11) is 2.00. The lowest BCUT2D eigenvalue weighted by atomic mass is 9.96. The number of benzene rings is 1. The molecule has 1 aliphatic rings. The van der Waals surface area contributed by atoms with Crippen molar-refractivity contribution in [2.45, 2.75) is 53.0 Å². The van der Waals surface area contributed by atoms with Gasteiger partial charge in [0.25, 0.3) is 0 Å². The molecule has 1 saturated heterocycles. The summed E-state index contributed by atoms with van der Waals surface area (Å²) in [6.45, 7) is 9.91. The van der Waals surface area contributed by atoms with Crippen LogP contribution < -0.4 is 5.32 Å². The van der Waals surface area contributed by atoms with Crippen molar-refractivity contribution in [3.05, 3.63) is 52.3 Å². The van der Waals surface area contributed by atoms with Crippen molar-refractivity contribution in [3.8, 4) is 0 Å². The number of aromatic nitrogens is 2. The van der Waals surface area contributed by atoms with Crippen molar-refractivity contribution < 1.29 is 4.79 Å². The minimum absolute atomic E-state index is 0.285. The van der Waals surface area contributed by atoms with Crippen LogP contribution in [0.1, 0.15) is 47.3 Å². The average molecular weight is 383 g/mol. The van der Waals surface area contributed by atoms with E-state index in [4.69, 9.17) is 5.10 Å². The van der Waals surface area contributed by atoms with Gasteiger partial charge in [-0.25, -0.2) is 0 Å². The Balaban J connectivity index is 1.56. The summed E-state index contributed by atoms with van der Waals surface area (Å²) in [5.41, 5.74) is 5.98. The minimum atomic E-state index is 0.285. The molecule has 0 bridgehead atoms. The maximum atomic E-state index is 12.7. The highest BCUT2D eigenvalue weighted by atomic mass is 16.2. The van der Waals surface area contributed by atoms with Gasteiger partial charge in [-0.2, -0.15) is 5.10 Å². The third kappa shape index (κ3) is 5.02. The number of rotatable bonds is 7. The maximum Gasteiger partial charge on any atom is 0.222 e. The van der Waals surface area contributed by atoms with Crippen molar-refractivity contribution in [1.82, 2.24) is 20.0 Å². The standard InChI is InChI=1S/C23H34N4O/c1-17-5-7-21(8-6-17)16-27-19(3)22(18(2)25-27)9-10-23(28)26-13-11-20(12-14-26)15-24-4/h5-8,20,24H,9-16H2,1-4H3. The van der Waals surface area contributed by atoms with E-state index in [9.17, 15) is 4.79 Å². The fraction of sp³-hybridized carbons (Fsp3) is 0.565. The molecule has 0 radical (unpaired) electrons. The lowest BCUT2D eigenvalue weighted by Crippen LogP contribution is -2.40. The summed E-state index contributed by atoms with van der Waals surface area (Å²) in [5.74, 6) is 0.992. The van der Waals surface area contributed by atoms with Gasteiger partial charge in [-0.3, -0.25) is 9.48 Å². The van der Waals surface area contributed by atoms with Gasteiger partial charge in [-0.1, -0.05) is 29.8 Å². The summed E-state index contributed by atoms with van der Waals surface area (Å²) in [5, 5.41) is 7.98. The number of hydrogen-bond acceptors (Lipinski definition) is 3. The van der Waals surface area contributed by atoms with E-state index in [2.05, 4.69) is 55.0 Å². The largest absolute Gasteiger partial charge is 0.343 e. The Morgan fingerprint density at radius 1 is 1.14 bits per heavy atom. The molecular weight excluding hydrogens is 348 g/mol. The van der Waals surface area contributed by atoms with Crippen molar-refractivity contribution >= 4 is 5.91 Å². The Kier molecular flexibility index (Phi) is 6.89. The molecule has 1 aliphatic heterocycles. The van der Waals surface area contributed by atoms with Gasteiger partial charge in [0, 0.05) is 25.2 Å². The molecule has 1 fully saturated rings. The van der Waals surface area contributed by atoms with Gasteiger partial charge in [-0.05, 0) is 70.7 Å². The van der Waals surface area contributed by atoms with Crippen molar-refractivity contribution in [2.75, 3.05) is 26.7 Å². The molecule has 152 valence electrons. The Morgan fingerprint density at radius 3 is 2.46 bits per heavy atom. The Hall–Kier alpha value is -2.14. The SMILES string of the molecule is CNCC1CCN(C(=O)CCc2c(C)nn(Cc3ccc(C)cc3)c2C)CC1. The predicted molar refractivity (Wildman–Crippen MR) is 114 cm³/mol. The molecule has 3 rings (SSSR count). The number of amides is 1. The summed E-state index contributed by atoms with van der Waals surface area (Å²) in [6, 6.07) is 8.60. The molecule has 0 saturated carbocycles. The van der Waals surface area contributed by atoms with E-state index < -0.39 is 0 Å². The average Bonchev–Trinajstić information content (AvgIpc) is 2.95. The van der Waals surface area contributed by atoms with Crippen LogP contribution in [0.2, 0.25) is 0 Å². The summed E-state index contributed by atoms with van der Waals surface area (Å²) >= 11 is 0. The number of likely N-dealkylation sites (tertiary alicyclic amines) is 1. The lowest BCUT2D eigenvalue weighted by molar-refractivity contribution is -0.132. The fourth-order valence-corrected chi connectivity index (χ4v) is 4.18. The molecule has 1 aromatic carbocycles. The van der Waals surface area contributed by atoms with Crippen LogP contribution >= 0.6 is 0 Å². The molecule has 0 unspecified atom stereocenters. The van der Waals surface area contributed by atoms with E-state index in [1.54, 1.807) is 0 Å². The highest BCUT2D eigenvalue weighted by Crippen LogP contribution is 2.20. The highest BCUT2D eigenvalue weighted by Gasteiger charge is 2.23. The molecule has 0 aliphatic carbocycles. The zero-order valence-electron chi connectivity index (χ0n) is 17.8. The molecule has 5 heteroatoms. The molecule has 1 aromatic heterocycles. The van der Waals surface area contributed by atoms with Gasteiger partial charge >= 0.3 is 0 Å². The summed E-state index contributed by atoms with van der Waals surface area (Å²) < 4.78 is 2.07. The highest BCUT2D eigenvalue weighted by molar-refractivity contribution is 5.76. The van der Waals surface area contributed by atoms with Crippen LogP contribution in [0.15, 0.2) is 24.3 Å². The van der Waals surface area contributed by atoms with Crippen molar-refractivity contribution in [3.63, 3.8) is 0 Å². The van der Waals surface area contributed by atoms with Crippen LogP contribution in [0.5, 0.6) is 0 Å². The van der Waals surface area contributed by atoms with Crippen LogP contribution in [-0.4, -0.2) is 47.3 Å². The van der Waals surface area contributed by atoms with Crippen LogP contribution in [0.25, 0.3) is 0 Å². The monoisotopic (exact) mass is 382 g/mol. The molecule has 2 heterocycles. The first-order chi connectivity index (χ1) is 13.5. The summed E-state index contributed by atoms with van der Waals surface area (Å²) in [6.07, 6.45) is 3.58. The Morgan fingerprint density at radius 2 is 1.82 bits per heavy atom. The third-order valence-corrected chi connectivity index (χ3v) is 6.03. The third-order valence-electron chi connectivity index (χ3n) is 6.03. The van der Waals surface area contributed by atoms with E-state index >= 15 is 0 Å². The number of carbonyl (C=O) groups excluding carboxylic acids is 1. The van der Waals surface area contributed by atoms with Gasteiger partial charge in [0.05, 0.1) is 12.2 Å². The van der Waals surface area contributed by atoms with Crippen LogP contribution in [0, 0.1) is 26.7 Å². The second kappa shape index (κ2) is 9.37. The number of aryl methyl sites for hydroxylation is 2. The van der Waals surface area contributed by atoms with Gasteiger partial charge in [-0.15, -0.1) is 0 Å². The van der Waals surface area contributed by atoms with Crippen molar-refractivity contribution in [2.24, 2.45) is 5.92 Å². The number of hydrogen-bond donors (Lipinski definition) is 1. The van der Waals surface area contributed by atoms with E-state index in [0.29, 0.717) is 12.3 Å². The van der Waals surface area contributed by atoms with Crippen LogP contribution in [0.4, 0.5) is 0 Å². The topological polar surface area (TPSA) is 50.2 Å². The molecule has 28 heavy (non-hydrogen) atoms. The second-order valence-electron chi connectivity index (χ2n) is 8.17. The van der Waals surface area contributed by atoms with E-state index in [1.165, 1.54) is 22.4 Å². The Labute approximate surface area is 169 Å². The normalized spacial score (nSPS) is 15.2. The number of piperidine rings is 1. The summed E-state index contributed by atoms with van der Waals surface area (Å²) in [4.78, 5) is 14.7. The number of nitrogens with zero attached hydrogens (tertiary/aromatic N) is 3. The first-order valence-electron chi connectivity index (χ1n) is 10.5. The number of nitrogens with one attached hydrogen (secondary N) is 1. The Bertz CT molecular complexity index is 786.